The molecule has 21 heavy (non-hydrogen) atoms. The Morgan fingerprint density at radius 2 is 1.71 bits per heavy atom. The Bertz CT molecular complexity index is 616. The van der Waals surface area contributed by atoms with Crippen LogP contribution in [0.2, 0.25) is 0 Å². The van der Waals surface area contributed by atoms with Crippen molar-refractivity contribution in [3.8, 4) is 5.75 Å². The molecule has 0 saturated heterocycles. The summed E-state index contributed by atoms with van der Waals surface area (Å²) < 4.78 is 5.94. The second-order valence-electron chi connectivity index (χ2n) is 3.95. The molecule has 0 aliphatic rings. The van der Waals surface area contributed by atoms with Crippen LogP contribution in [0.3, 0.4) is 0 Å². The summed E-state index contributed by atoms with van der Waals surface area (Å²) in [6.07, 6.45) is 1.29. The molecular weight excluding hydrogens is 410 g/mol. The summed E-state index contributed by atoms with van der Waals surface area (Å²) >= 11 is 6.47. The van der Waals surface area contributed by atoms with Crippen molar-refractivity contribution in [3.05, 3.63) is 32.3 Å². The maximum atomic E-state index is 11.0. The van der Waals surface area contributed by atoms with E-state index < -0.39 is 17.8 Å². The van der Waals surface area contributed by atoms with E-state index in [2.05, 4.69) is 37.2 Å². The Morgan fingerprint density at radius 3 is 2.10 bits per heavy atom. The van der Waals surface area contributed by atoms with Crippen molar-refractivity contribution in [1.82, 2.24) is 5.32 Å². The number of nitrogens with one attached hydrogen (secondary N) is 1. The lowest BCUT2D eigenvalue weighted by Crippen LogP contribution is -2.24. The molecule has 2 N–H and O–H groups in total. The molecule has 0 bridgehead atoms. The highest BCUT2D eigenvalue weighted by Gasteiger charge is 2.13. The number of carboxylic acid groups (broad SMARTS) is 1. The van der Waals surface area contributed by atoms with Crippen molar-refractivity contribution in [1.29, 1.82) is 0 Å². The van der Waals surface area contributed by atoms with Crippen LogP contribution >= 0.6 is 31.9 Å². The van der Waals surface area contributed by atoms with Gasteiger partial charge in [-0.3, -0.25) is 9.59 Å². The fourth-order valence-corrected chi connectivity index (χ4v) is 2.80. The van der Waals surface area contributed by atoms with Crippen LogP contribution in [0, 0.1) is 0 Å². The summed E-state index contributed by atoms with van der Waals surface area (Å²) in [5.74, 6) is -1.94. The van der Waals surface area contributed by atoms with E-state index in [1.165, 1.54) is 19.9 Å². The lowest BCUT2D eigenvalue weighted by molar-refractivity contribution is -0.134. The first-order chi connectivity index (χ1) is 9.70. The minimum absolute atomic E-state index is 0.262. The number of halogens is 2. The topological polar surface area (TPSA) is 92.7 Å². The van der Waals surface area contributed by atoms with Gasteiger partial charge in [0.1, 0.15) is 5.70 Å². The Balaban J connectivity index is 3.23. The van der Waals surface area contributed by atoms with Gasteiger partial charge in [0.2, 0.25) is 5.91 Å². The summed E-state index contributed by atoms with van der Waals surface area (Å²) in [5.41, 5.74) is 0.234. The van der Waals surface area contributed by atoms with Gasteiger partial charge in [-0.1, -0.05) is 0 Å². The molecule has 112 valence electrons. The third kappa shape index (κ3) is 5.31. The van der Waals surface area contributed by atoms with Gasteiger partial charge < -0.3 is 15.2 Å². The number of hydrogen-bond donors (Lipinski definition) is 2. The third-order valence-corrected chi connectivity index (χ3v) is 3.30. The number of aliphatic carboxylic acids is 1. The van der Waals surface area contributed by atoms with Gasteiger partial charge in [0.05, 0.1) is 8.95 Å². The van der Waals surface area contributed by atoms with Crippen LogP contribution in [0.1, 0.15) is 19.4 Å². The number of carbonyl (C=O) groups excluding carboxylic acids is 2. The highest BCUT2D eigenvalue weighted by Crippen LogP contribution is 2.35. The van der Waals surface area contributed by atoms with Crippen LogP contribution in [0.4, 0.5) is 0 Å². The molecule has 1 amide bonds. The quantitative estimate of drug-likeness (QED) is 0.443. The minimum Gasteiger partial charge on any atom is -0.477 e. The molecule has 1 rings (SSSR count). The summed E-state index contributed by atoms with van der Waals surface area (Å²) in [5, 5.41) is 11.2. The molecule has 0 atom stereocenters. The van der Waals surface area contributed by atoms with E-state index in [-0.39, 0.29) is 11.4 Å². The second kappa shape index (κ2) is 7.37. The van der Waals surface area contributed by atoms with Crippen LogP contribution in [-0.2, 0) is 14.4 Å². The molecule has 1 aromatic rings. The Labute approximate surface area is 137 Å². The maximum Gasteiger partial charge on any atom is 0.352 e. The average molecular weight is 421 g/mol. The zero-order valence-corrected chi connectivity index (χ0v) is 14.2. The van der Waals surface area contributed by atoms with E-state index in [4.69, 9.17) is 9.84 Å². The van der Waals surface area contributed by atoms with Crippen molar-refractivity contribution >= 4 is 55.8 Å². The smallest absolute Gasteiger partial charge is 0.352 e. The molecule has 0 aliphatic carbocycles. The lowest BCUT2D eigenvalue weighted by Gasteiger charge is -2.09. The minimum atomic E-state index is -1.26. The van der Waals surface area contributed by atoms with Crippen molar-refractivity contribution < 1.29 is 24.2 Å². The summed E-state index contributed by atoms with van der Waals surface area (Å²) in [7, 11) is 0. The zero-order chi connectivity index (χ0) is 16.2. The molecule has 0 unspecified atom stereocenters. The van der Waals surface area contributed by atoms with E-state index in [0.29, 0.717) is 14.5 Å². The SMILES string of the molecule is CC(=O)N/C(=C/c1cc(Br)c(OC(C)=O)c(Br)c1)C(=O)O. The van der Waals surface area contributed by atoms with Crippen LogP contribution in [0.15, 0.2) is 26.8 Å². The first kappa shape index (κ1) is 17.4. The number of carbonyl (C=O) groups is 3. The fourth-order valence-electron chi connectivity index (χ4n) is 1.41. The average Bonchev–Trinajstić information content (AvgIpc) is 2.32. The van der Waals surface area contributed by atoms with E-state index in [0.717, 1.165) is 0 Å². The molecule has 0 aromatic heterocycles. The maximum absolute atomic E-state index is 11.0. The number of carboxylic acids is 1. The van der Waals surface area contributed by atoms with Crippen molar-refractivity contribution in [3.63, 3.8) is 0 Å². The van der Waals surface area contributed by atoms with E-state index in [1.807, 2.05) is 0 Å². The molecule has 0 radical (unpaired) electrons. The van der Waals surface area contributed by atoms with Crippen molar-refractivity contribution in [2.24, 2.45) is 0 Å². The Morgan fingerprint density at radius 1 is 1.19 bits per heavy atom. The molecule has 0 aliphatic heterocycles. The first-order valence-corrected chi connectivity index (χ1v) is 7.19. The predicted molar refractivity (Wildman–Crippen MR) is 82.6 cm³/mol. The number of hydrogen-bond acceptors (Lipinski definition) is 4. The number of ether oxygens (including phenoxy) is 1. The van der Waals surface area contributed by atoms with Gasteiger partial charge in [0, 0.05) is 13.8 Å². The number of benzene rings is 1. The van der Waals surface area contributed by atoms with Gasteiger partial charge in [0.25, 0.3) is 0 Å². The van der Waals surface area contributed by atoms with Crippen LogP contribution in [-0.4, -0.2) is 23.0 Å². The van der Waals surface area contributed by atoms with Gasteiger partial charge in [-0.2, -0.15) is 0 Å². The largest absolute Gasteiger partial charge is 0.477 e. The standard InChI is InChI=1S/C13H11Br2NO5/c1-6(17)16-11(13(19)20)5-8-3-9(14)12(10(15)4-8)21-7(2)18/h3-5H,1-2H3,(H,16,17)(H,19,20)/b11-5+. The number of rotatable bonds is 4. The third-order valence-electron chi connectivity index (χ3n) is 2.12. The monoisotopic (exact) mass is 419 g/mol. The Hall–Kier alpha value is -1.67. The highest BCUT2D eigenvalue weighted by molar-refractivity contribution is 9.11. The molecule has 0 heterocycles. The Kier molecular flexibility index (Phi) is 6.10. The van der Waals surface area contributed by atoms with Crippen molar-refractivity contribution in [2.75, 3.05) is 0 Å². The van der Waals surface area contributed by atoms with Crippen LogP contribution in [0.25, 0.3) is 6.08 Å². The molecule has 6 nitrogen and oxygen atoms in total. The lowest BCUT2D eigenvalue weighted by atomic mass is 10.2. The molecule has 1 aromatic carbocycles. The molecular formula is C13H11Br2NO5. The van der Waals surface area contributed by atoms with Crippen molar-refractivity contribution in [2.45, 2.75) is 13.8 Å². The fraction of sp³-hybridized carbons (Fsp3) is 0.154. The normalized spacial score (nSPS) is 11.0. The van der Waals surface area contributed by atoms with Gasteiger partial charge in [0.15, 0.2) is 5.75 Å². The summed E-state index contributed by atoms with van der Waals surface area (Å²) in [4.78, 5) is 33.0. The van der Waals surface area contributed by atoms with E-state index >= 15 is 0 Å². The summed E-state index contributed by atoms with van der Waals surface area (Å²) in [6, 6.07) is 3.13. The predicted octanol–water partition coefficient (Wildman–Crippen LogP) is 2.70. The molecule has 0 saturated carbocycles. The van der Waals surface area contributed by atoms with E-state index in [1.54, 1.807) is 12.1 Å². The molecule has 0 spiro atoms. The van der Waals surface area contributed by atoms with Crippen LogP contribution in [0.5, 0.6) is 5.75 Å². The van der Waals surface area contributed by atoms with Gasteiger partial charge in [-0.25, -0.2) is 4.79 Å². The number of esters is 1. The first-order valence-electron chi connectivity index (χ1n) is 5.60. The number of amides is 1. The summed E-state index contributed by atoms with van der Waals surface area (Å²) in [6.45, 7) is 2.48. The van der Waals surface area contributed by atoms with Crippen LogP contribution < -0.4 is 10.1 Å². The molecule has 8 heteroatoms. The zero-order valence-electron chi connectivity index (χ0n) is 11.1. The van der Waals surface area contributed by atoms with Gasteiger partial charge >= 0.3 is 11.9 Å². The second-order valence-corrected chi connectivity index (χ2v) is 5.66. The highest BCUT2D eigenvalue weighted by atomic mass is 79.9. The van der Waals surface area contributed by atoms with E-state index in [9.17, 15) is 14.4 Å². The van der Waals surface area contributed by atoms with Gasteiger partial charge in [-0.05, 0) is 55.6 Å². The van der Waals surface area contributed by atoms with Gasteiger partial charge in [-0.15, -0.1) is 0 Å². The molecule has 0 fully saturated rings.